The Hall–Kier alpha value is -0.910. The first-order valence-electron chi connectivity index (χ1n) is 4.80. The minimum Gasteiger partial charge on any atom is -0.376 e. The smallest absolute Gasteiger partial charge is 0.275 e. The van der Waals surface area contributed by atoms with Gasteiger partial charge in [0.1, 0.15) is 0 Å². The van der Waals surface area contributed by atoms with Crippen LogP contribution in [0.5, 0.6) is 0 Å². The van der Waals surface area contributed by atoms with Gasteiger partial charge in [0.05, 0.1) is 11.5 Å². The lowest BCUT2D eigenvalue weighted by Crippen LogP contribution is -2.30. The van der Waals surface area contributed by atoms with Crippen molar-refractivity contribution in [1.82, 2.24) is 5.43 Å². The molecule has 0 atom stereocenters. The van der Waals surface area contributed by atoms with Crippen LogP contribution in [0.4, 0.5) is 0 Å². The molecular formula is C10H16N2O2S. The number of rotatable bonds is 5. The summed E-state index contributed by atoms with van der Waals surface area (Å²) in [6, 6.07) is 1.88. The van der Waals surface area contributed by atoms with Gasteiger partial charge in [0, 0.05) is 12.2 Å². The minimum absolute atomic E-state index is 0.256. The van der Waals surface area contributed by atoms with Crippen molar-refractivity contribution >= 4 is 17.2 Å². The molecule has 1 aromatic heterocycles. The highest BCUT2D eigenvalue weighted by atomic mass is 32.1. The lowest BCUT2D eigenvalue weighted by Gasteiger charge is -2.06. The fourth-order valence-corrected chi connectivity index (χ4v) is 1.93. The molecule has 1 heterocycles. The van der Waals surface area contributed by atoms with E-state index in [1.54, 1.807) is 0 Å². The van der Waals surface area contributed by atoms with Crippen molar-refractivity contribution in [2.24, 2.45) is 11.8 Å². The summed E-state index contributed by atoms with van der Waals surface area (Å²) in [5.74, 6) is 5.31. The predicted octanol–water partition coefficient (Wildman–Crippen LogP) is 1.52. The van der Waals surface area contributed by atoms with E-state index in [4.69, 9.17) is 10.6 Å². The molecule has 84 valence electrons. The van der Waals surface area contributed by atoms with Gasteiger partial charge >= 0.3 is 0 Å². The Morgan fingerprint density at radius 1 is 1.67 bits per heavy atom. The van der Waals surface area contributed by atoms with Crippen molar-refractivity contribution in [3.05, 3.63) is 21.9 Å². The monoisotopic (exact) mass is 228 g/mol. The Kier molecular flexibility index (Phi) is 4.74. The van der Waals surface area contributed by atoms with Crippen molar-refractivity contribution < 1.29 is 9.53 Å². The fourth-order valence-electron chi connectivity index (χ4n) is 1.12. The number of nitrogens with one attached hydrogen (secondary N) is 1. The Bertz CT molecular complexity index is 323. The number of hydrazine groups is 1. The van der Waals surface area contributed by atoms with Gasteiger partial charge in [-0.15, -0.1) is 11.3 Å². The van der Waals surface area contributed by atoms with Crippen LogP contribution in [0.25, 0.3) is 0 Å². The first-order chi connectivity index (χ1) is 7.15. The molecule has 3 N–H and O–H groups in total. The molecule has 0 fully saturated rings. The van der Waals surface area contributed by atoms with Gasteiger partial charge in [-0.05, 0) is 17.4 Å². The predicted molar refractivity (Wildman–Crippen MR) is 60.5 cm³/mol. The molecule has 0 radical (unpaired) electrons. The van der Waals surface area contributed by atoms with E-state index in [0.29, 0.717) is 24.0 Å². The van der Waals surface area contributed by atoms with Crippen LogP contribution in [0.1, 0.15) is 29.1 Å². The Labute approximate surface area is 93.4 Å². The summed E-state index contributed by atoms with van der Waals surface area (Å²) < 4.78 is 5.46. The van der Waals surface area contributed by atoms with E-state index in [-0.39, 0.29) is 5.91 Å². The van der Waals surface area contributed by atoms with Gasteiger partial charge in [0.25, 0.3) is 5.91 Å². The van der Waals surface area contributed by atoms with E-state index in [2.05, 4.69) is 19.3 Å². The second-order valence-electron chi connectivity index (χ2n) is 3.66. The lowest BCUT2D eigenvalue weighted by molar-refractivity contribution is 0.0910. The molecule has 0 bridgehead atoms. The quantitative estimate of drug-likeness (QED) is 0.456. The molecule has 0 spiro atoms. The van der Waals surface area contributed by atoms with Crippen molar-refractivity contribution in [3.63, 3.8) is 0 Å². The molecule has 0 unspecified atom stereocenters. The standard InChI is InChI=1S/C10H16N2O2S/c1-7(2)5-14-6-8-3-4-15-9(8)10(13)12-11/h3-4,7H,5-6,11H2,1-2H3,(H,12,13). The first kappa shape index (κ1) is 12.2. The number of hydrogen-bond donors (Lipinski definition) is 2. The molecule has 15 heavy (non-hydrogen) atoms. The average Bonchev–Trinajstić information content (AvgIpc) is 2.64. The maximum Gasteiger partial charge on any atom is 0.275 e. The van der Waals surface area contributed by atoms with Gasteiger partial charge in [-0.25, -0.2) is 5.84 Å². The molecular weight excluding hydrogens is 212 g/mol. The molecule has 1 amide bonds. The third-order valence-corrected chi connectivity index (χ3v) is 2.75. The Morgan fingerprint density at radius 2 is 2.40 bits per heavy atom. The summed E-state index contributed by atoms with van der Waals surface area (Å²) in [4.78, 5) is 11.9. The zero-order valence-electron chi connectivity index (χ0n) is 8.95. The normalized spacial score (nSPS) is 10.7. The number of thiophene rings is 1. The molecule has 1 rings (SSSR count). The largest absolute Gasteiger partial charge is 0.376 e. The molecule has 0 aliphatic carbocycles. The number of ether oxygens (including phenoxy) is 1. The summed E-state index contributed by atoms with van der Waals surface area (Å²) in [5.41, 5.74) is 3.02. The van der Waals surface area contributed by atoms with Gasteiger partial charge in [-0.2, -0.15) is 0 Å². The first-order valence-corrected chi connectivity index (χ1v) is 5.68. The average molecular weight is 228 g/mol. The number of nitrogen functional groups attached to an aromatic ring is 1. The van der Waals surface area contributed by atoms with Crippen molar-refractivity contribution in [2.45, 2.75) is 20.5 Å². The number of nitrogens with two attached hydrogens (primary N) is 1. The second-order valence-corrected chi connectivity index (χ2v) is 4.57. The zero-order valence-corrected chi connectivity index (χ0v) is 9.76. The SMILES string of the molecule is CC(C)COCc1ccsc1C(=O)NN. The van der Waals surface area contributed by atoms with Crippen LogP contribution in [0.3, 0.4) is 0 Å². The summed E-state index contributed by atoms with van der Waals surface area (Å²) in [7, 11) is 0. The fraction of sp³-hybridized carbons (Fsp3) is 0.500. The van der Waals surface area contributed by atoms with Crippen LogP contribution in [-0.4, -0.2) is 12.5 Å². The topological polar surface area (TPSA) is 64.3 Å². The highest BCUT2D eigenvalue weighted by molar-refractivity contribution is 7.12. The van der Waals surface area contributed by atoms with Gasteiger partial charge in [-0.1, -0.05) is 13.8 Å². The highest BCUT2D eigenvalue weighted by Gasteiger charge is 2.11. The van der Waals surface area contributed by atoms with Gasteiger partial charge in [0.2, 0.25) is 0 Å². The maximum absolute atomic E-state index is 11.3. The van der Waals surface area contributed by atoms with Crippen LogP contribution >= 0.6 is 11.3 Å². The zero-order chi connectivity index (χ0) is 11.3. The Morgan fingerprint density at radius 3 is 3.00 bits per heavy atom. The molecule has 4 nitrogen and oxygen atoms in total. The number of amides is 1. The number of carbonyl (C=O) groups excluding carboxylic acids is 1. The van der Waals surface area contributed by atoms with Crippen LogP contribution in [0.15, 0.2) is 11.4 Å². The van der Waals surface area contributed by atoms with Gasteiger partial charge in [-0.3, -0.25) is 10.2 Å². The maximum atomic E-state index is 11.3. The minimum atomic E-state index is -0.256. The molecule has 5 heteroatoms. The molecule has 1 aromatic rings. The summed E-state index contributed by atoms with van der Waals surface area (Å²) in [5, 5.41) is 1.86. The summed E-state index contributed by atoms with van der Waals surface area (Å²) in [6.45, 7) is 5.33. The van der Waals surface area contributed by atoms with Crippen molar-refractivity contribution in [3.8, 4) is 0 Å². The second kappa shape index (κ2) is 5.85. The van der Waals surface area contributed by atoms with E-state index in [9.17, 15) is 4.79 Å². The van der Waals surface area contributed by atoms with Crippen LogP contribution in [0, 0.1) is 5.92 Å². The van der Waals surface area contributed by atoms with Crippen molar-refractivity contribution in [2.75, 3.05) is 6.61 Å². The lowest BCUT2D eigenvalue weighted by atomic mass is 10.2. The van der Waals surface area contributed by atoms with E-state index in [1.165, 1.54) is 11.3 Å². The van der Waals surface area contributed by atoms with E-state index in [1.807, 2.05) is 11.4 Å². The molecule has 0 saturated heterocycles. The van der Waals surface area contributed by atoms with E-state index >= 15 is 0 Å². The number of hydrogen-bond acceptors (Lipinski definition) is 4. The van der Waals surface area contributed by atoms with Gasteiger partial charge in [0.15, 0.2) is 0 Å². The third kappa shape index (κ3) is 3.62. The van der Waals surface area contributed by atoms with Crippen LogP contribution in [0.2, 0.25) is 0 Å². The molecule has 0 saturated carbocycles. The summed E-state index contributed by atoms with van der Waals surface area (Å²) >= 11 is 1.37. The summed E-state index contributed by atoms with van der Waals surface area (Å²) in [6.07, 6.45) is 0. The highest BCUT2D eigenvalue weighted by Crippen LogP contribution is 2.17. The third-order valence-electron chi connectivity index (χ3n) is 1.79. The van der Waals surface area contributed by atoms with E-state index < -0.39 is 0 Å². The number of carbonyl (C=O) groups is 1. The van der Waals surface area contributed by atoms with Crippen molar-refractivity contribution in [1.29, 1.82) is 0 Å². The Balaban J connectivity index is 2.54. The van der Waals surface area contributed by atoms with Crippen LogP contribution in [-0.2, 0) is 11.3 Å². The molecule has 0 aliphatic rings. The van der Waals surface area contributed by atoms with Crippen LogP contribution < -0.4 is 11.3 Å². The molecule has 0 aliphatic heterocycles. The van der Waals surface area contributed by atoms with Gasteiger partial charge < -0.3 is 4.74 Å². The van der Waals surface area contributed by atoms with E-state index in [0.717, 1.165) is 5.56 Å². The molecule has 0 aromatic carbocycles.